The maximum absolute atomic E-state index is 12.7. The van der Waals surface area contributed by atoms with E-state index < -0.39 is 12.3 Å². The Labute approximate surface area is 170 Å². The molecule has 2 heterocycles. The first kappa shape index (κ1) is 20.3. The van der Waals surface area contributed by atoms with E-state index in [1.807, 2.05) is 13.0 Å². The first-order valence-corrected chi connectivity index (χ1v) is 9.09. The van der Waals surface area contributed by atoms with Crippen molar-refractivity contribution < 1.29 is 13.6 Å². The van der Waals surface area contributed by atoms with Crippen molar-refractivity contribution in [1.29, 1.82) is 0 Å². The minimum atomic E-state index is -2.68. The highest BCUT2D eigenvalue weighted by Gasteiger charge is 2.16. The van der Waals surface area contributed by atoms with Crippen LogP contribution in [0.15, 0.2) is 30.3 Å². The van der Waals surface area contributed by atoms with Crippen LogP contribution >= 0.6 is 23.2 Å². The van der Waals surface area contributed by atoms with Gasteiger partial charge in [-0.3, -0.25) is 14.2 Å². The predicted octanol–water partition coefficient (Wildman–Crippen LogP) is 4.63. The minimum absolute atomic E-state index is 0.187. The van der Waals surface area contributed by atoms with Gasteiger partial charge in [0.2, 0.25) is 5.91 Å². The SMILES string of the molecule is Cc1cc(NC(=O)Cn2nc(C(F)F)cc2C)nn1Cc1ccc(Cl)cc1Cl. The summed E-state index contributed by atoms with van der Waals surface area (Å²) in [4.78, 5) is 12.2. The lowest BCUT2D eigenvalue weighted by Gasteiger charge is -2.07. The molecular formula is C18H17Cl2F2N5O. The monoisotopic (exact) mass is 427 g/mol. The highest BCUT2D eigenvalue weighted by Crippen LogP contribution is 2.23. The molecule has 0 atom stereocenters. The van der Waals surface area contributed by atoms with Gasteiger partial charge in [0.15, 0.2) is 5.82 Å². The van der Waals surface area contributed by atoms with Gasteiger partial charge in [-0.1, -0.05) is 29.3 Å². The molecule has 2 aromatic heterocycles. The third-order valence-corrected chi connectivity index (χ3v) is 4.69. The number of benzene rings is 1. The molecule has 0 bridgehead atoms. The molecule has 148 valence electrons. The quantitative estimate of drug-likeness (QED) is 0.623. The number of carbonyl (C=O) groups is 1. The van der Waals surface area contributed by atoms with Crippen molar-refractivity contribution in [3.63, 3.8) is 0 Å². The second kappa shape index (κ2) is 8.28. The Hall–Kier alpha value is -2.45. The van der Waals surface area contributed by atoms with Crippen molar-refractivity contribution in [3.8, 4) is 0 Å². The van der Waals surface area contributed by atoms with E-state index in [0.717, 1.165) is 11.3 Å². The zero-order valence-electron chi connectivity index (χ0n) is 15.1. The molecule has 0 aliphatic carbocycles. The Kier molecular flexibility index (Phi) is 6.00. The number of nitrogens with one attached hydrogen (secondary N) is 1. The fraction of sp³-hybridized carbons (Fsp3) is 0.278. The molecule has 3 rings (SSSR count). The van der Waals surface area contributed by atoms with Gasteiger partial charge in [0, 0.05) is 27.5 Å². The summed E-state index contributed by atoms with van der Waals surface area (Å²) in [5, 5.41) is 11.8. The Morgan fingerprint density at radius 2 is 1.82 bits per heavy atom. The van der Waals surface area contributed by atoms with E-state index >= 15 is 0 Å². The predicted molar refractivity (Wildman–Crippen MR) is 103 cm³/mol. The van der Waals surface area contributed by atoms with E-state index in [4.69, 9.17) is 23.2 Å². The lowest BCUT2D eigenvalue weighted by molar-refractivity contribution is -0.117. The largest absolute Gasteiger partial charge is 0.308 e. The molecule has 10 heteroatoms. The summed E-state index contributed by atoms with van der Waals surface area (Å²) in [7, 11) is 0. The van der Waals surface area contributed by atoms with E-state index in [9.17, 15) is 13.6 Å². The third kappa shape index (κ3) is 4.69. The molecule has 1 aromatic carbocycles. The van der Waals surface area contributed by atoms with E-state index in [2.05, 4.69) is 15.5 Å². The maximum Gasteiger partial charge on any atom is 0.282 e. The molecule has 0 spiro atoms. The Morgan fingerprint density at radius 3 is 2.46 bits per heavy atom. The standard InChI is InChI=1S/C18H17Cl2F2N5O/c1-10-5-15(18(21)22)24-27(10)9-17(28)23-16-6-11(2)26(25-16)8-12-3-4-13(19)7-14(12)20/h3-7,18H,8-9H2,1-2H3,(H,23,25,28). The Balaban J connectivity index is 1.68. The van der Waals surface area contributed by atoms with E-state index in [1.165, 1.54) is 10.7 Å². The van der Waals surface area contributed by atoms with Gasteiger partial charge in [0.25, 0.3) is 6.43 Å². The summed E-state index contributed by atoms with van der Waals surface area (Å²) >= 11 is 12.1. The Morgan fingerprint density at radius 1 is 1.11 bits per heavy atom. The number of amides is 1. The van der Waals surface area contributed by atoms with Crippen molar-refractivity contribution in [2.24, 2.45) is 0 Å². The van der Waals surface area contributed by atoms with Gasteiger partial charge >= 0.3 is 0 Å². The van der Waals surface area contributed by atoms with Crippen LogP contribution in [0.3, 0.4) is 0 Å². The minimum Gasteiger partial charge on any atom is -0.308 e. The Bertz CT molecular complexity index is 1020. The number of hydrogen-bond donors (Lipinski definition) is 1. The van der Waals surface area contributed by atoms with Crippen molar-refractivity contribution >= 4 is 34.9 Å². The van der Waals surface area contributed by atoms with Gasteiger partial charge in [-0.05, 0) is 37.6 Å². The van der Waals surface area contributed by atoms with Crippen molar-refractivity contribution in [3.05, 3.63) is 63.0 Å². The summed E-state index contributed by atoms with van der Waals surface area (Å²) in [6.07, 6.45) is -2.68. The molecule has 1 N–H and O–H groups in total. The van der Waals surface area contributed by atoms with E-state index in [0.29, 0.717) is 28.1 Å². The van der Waals surface area contributed by atoms with E-state index in [1.54, 1.807) is 29.8 Å². The summed E-state index contributed by atoms with van der Waals surface area (Å²) in [5.74, 6) is -0.0623. The van der Waals surface area contributed by atoms with Gasteiger partial charge in [-0.2, -0.15) is 10.2 Å². The molecule has 0 unspecified atom stereocenters. The zero-order valence-corrected chi connectivity index (χ0v) is 16.6. The fourth-order valence-electron chi connectivity index (χ4n) is 2.66. The highest BCUT2D eigenvalue weighted by molar-refractivity contribution is 6.35. The first-order valence-electron chi connectivity index (χ1n) is 8.33. The van der Waals surface area contributed by atoms with Crippen molar-refractivity contribution in [2.75, 3.05) is 5.32 Å². The second-order valence-corrected chi connectivity index (χ2v) is 7.13. The lowest BCUT2D eigenvalue weighted by Crippen LogP contribution is -2.20. The second-order valence-electron chi connectivity index (χ2n) is 6.28. The van der Waals surface area contributed by atoms with Crippen LogP contribution in [0.5, 0.6) is 0 Å². The maximum atomic E-state index is 12.7. The number of aromatic nitrogens is 4. The van der Waals surface area contributed by atoms with Gasteiger partial charge in [0.1, 0.15) is 12.2 Å². The van der Waals surface area contributed by atoms with Crippen LogP contribution in [0.2, 0.25) is 10.0 Å². The number of halogens is 4. The number of alkyl halides is 2. The molecule has 28 heavy (non-hydrogen) atoms. The van der Waals surface area contributed by atoms with Crippen molar-refractivity contribution in [2.45, 2.75) is 33.4 Å². The topological polar surface area (TPSA) is 64.7 Å². The highest BCUT2D eigenvalue weighted by atomic mass is 35.5. The average Bonchev–Trinajstić information content (AvgIpc) is 3.13. The molecule has 0 radical (unpaired) electrons. The number of hydrogen-bond acceptors (Lipinski definition) is 3. The molecule has 6 nitrogen and oxygen atoms in total. The number of aryl methyl sites for hydroxylation is 2. The van der Waals surface area contributed by atoms with E-state index in [-0.39, 0.29) is 12.2 Å². The summed E-state index contributed by atoms with van der Waals surface area (Å²) in [6.45, 7) is 3.68. The van der Waals surface area contributed by atoms with Crippen LogP contribution in [-0.4, -0.2) is 25.5 Å². The average molecular weight is 428 g/mol. The lowest BCUT2D eigenvalue weighted by atomic mass is 10.2. The summed E-state index contributed by atoms with van der Waals surface area (Å²) in [6, 6.07) is 8.17. The summed E-state index contributed by atoms with van der Waals surface area (Å²) in [5.41, 5.74) is 1.77. The fourth-order valence-corrected chi connectivity index (χ4v) is 3.13. The third-order valence-electron chi connectivity index (χ3n) is 4.10. The van der Waals surface area contributed by atoms with Gasteiger partial charge < -0.3 is 5.32 Å². The van der Waals surface area contributed by atoms with Crippen LogP contribution in [-0.2, 0) is 17.9 Å². The summed E-state index contributed by atoms with van der Waals surface area (Å²) < 4.78 is 28.4. The molecule has 0 aliphatic heterocycles. The molecular weight excluding hydrogens is 411 g/mol. The van der Waals surface area contributed by atoms with Gasteiger partial charge in [0.05, 0.1) is 6.54 Å². The van der Waals surface area contributed by atoms with Gasteiger partial charge in [-0.15, -0.1) is 0 Å². The molecule has 0 saturated heterocycles. The van der Waals surface area contributed by atoms with Crippen LogP contribution in [0, 0.1) is 13.8 Å². The molecule has 0 saturated carbocycles. The number of rotatable bonds is 6. The van der Waals surface area contributed by atoms with Crippen LogP contribution in [0.4, 0.5) is 14.6 Å². The molecule has 3 aromatic rings. The smallest absolute Gasteiger partial charge is 0.282 e. The first-order chi connectivity index (χ1) is 13.2. The van der Waals surface area contributed by atoms with Crippen molar-refractivity contribution in [1.82, 2.24) is 19.6 Å². The number of anilines is 1. The molecule has 0 fully saturated rings. The zero-order chi connectivity index (χ0) is 20.4. The molecule has 1 amide bonds. The van der Waals surface area contributed by atoms with Crippen LogP contribution in [0.1, 0.15) is 29.1 Å². The number of carbonyl (C=O) groups excluding carboxylic acids is 1. The molecule has 0 aliphatic rings. The van der Waals surface area contributed by atoms with Crippen LogP contribution in [0.25, 0.3) is 0 Å². The van der Waals surface area contributed by atoms with Crippen LogP contribution < -0.4 is 5.32 Å². The number of nitrogens with zero attached hydrogens (tertiary/aromatic N) is 4. The van der Waals surface area contributed by atoms with Gasteiger partial charge in [-0.25, -0.2) is 8.78 Å². The normalized spacial score (nSPS) is 11.2.